The van der Waals surface area contributed by atoms with Crippen molar-refractivity contribution in [2.24, 2.45) is 5.73 Å². The first-order valence-corrected chi connectivity index (χ1v) is 9.06. The largest absolute Gasteiger partial charge is 0.320 e. The van der Waals surface area contributed by atoms with E-state index < -0.39 is 34.9 Å². The van der Waals surface area contributed by atoms with Crippen LogP contribution in [0, 0.1) is 11.6 Å². The SMILES string of the molecule is C[C@H](N)C(=O)Nc1sc2c(c1C(=O)c1c(F)cccc1F)CCC=CC2. The van der Waals surface area contributed by atoms with Gasteiger partial charge in [-0.1, -0.05) is 18.2 Å². The van der Waals surface area contributed by atoms with Crippen LogP contribution in [0.15, 0.2) is 30.4 Å². The molecule has 1 atom stereocenters. The van der Waals surface area contributed by atoms with E-state index in [4.69, 9.17) is 5.73 Å². The first-order valence-electron chi connectivity index (χ1n) is 8.24. The molecule has 0 radical (unpaired) electrons. The molecule has 0 unspecified atom stereocenters. The van der Waals surface area contributed by atoms with E-state index in [9.17, 15) is 18.4 Å². The molecule has 1 aliphatic rings. The summed E-state index contributed by atoms with van der Waals surface area (Å²) in [6.45, 7) is 1.52. The van der Waals surface area contributed by atoms with E-state index in [-0.39, 0.29) is 5.56 Å². The first kappa shape index (κ1) is 18.4. The molecule has 1 amide bonds. The van der Waals surface area contributed by atoms with Crippen LogP contribution in [0.3, 0.4) is 0 Å². The number of hydrogen-bond donors (Lipinski definition) is 2. The molecule has 2 aromatic rings. The second-order valence-corrected chi connectivity index (χ2v) is 7.23. The number of ketones is 1. The second-order valence-electron chi connectivity index (χ2n) is 6.13. The molecule has 3 rings (SSSR count). The topological polar surface area (TPSA) is 72.2 Å². The lowest BCUT2D eigenvalue weighted by molar-refractivity contribution is -0.117. The average molecular weight is 376 g/mol. The Labute approximate surface area is 153 Å². The van der Waals surface area contributed by atoms with E-state index >= 15 is 0 Å². The molecule has 3 N–H and O–H groups in total. The van der Waals surface area contributed by atoms with Crippen LogP contribution >= 0.6 is 11.3 Å². The molecule has 1 aliphatic carbocycles. The third kappa shape index (κ3) is 3.45. The summed E-state index contributed by atoms with van der Waals surface area (Å²) in [5, 5.41) is 2.93. The molecule has 0 fully saturated rings. The number of allylic oxidation sites excluding steroid dienone is 2. The van der Waals surface area contributed by atoms with Gasteiger partial charge in [0.05, 0.1) is 17.2 Å². The van der Waals surface area contributed by atoms with Crippen molar-refractivity contribution in [2.75, 3.05) is 5.32 Å². The van der Waals surface area contributed by atoms with Gasteiger partial charge in [0, 0.05) is 11.3 Å². The highest BCUT2D eigenvalue weighted by Gasteiger charge is 2.29. The fourth-order valence-corrected chi connectivity index (χ4v) is 4.09. The zero-order valence-corrected chi connectivity index (χ0v) is 15.0. The van der Waals surface area contributed by atoms with E-state index in [1.165, 1.54) is 24.3 Å². The van der Waals surface area contributed by atoms with Crippen LogP contribution in [0.5, 0.6) is 0 Å². The van der Waals surface area contributed by atoms with Crippen LogP contribution < -0.4 is 11.1 Å². The number of anilines is 1. The van der Waals surface area contributed by atoms with E-state index in [0.29, 0.717) is 24.3 Å². The molecule has 7 heteroatoms. The molecule has 1 aromatic carbocycles. The van der Waals surface area contributed by atoms with Gasteiger partial charge in [0.15, 0.2) is 0 Å². The Hall–Kier alpha value is -2.38. The lowest BCUT2D eigenvalue weighted by atomic mass is 9.96. The minimum Gasteiger partial charge on any atom is -0.320 e. The van der Waals surface area contributed by atoms with Crippen molar-refractivity contribution in [1.82, 2.24) is 0 Å². The van der Waals surface area contributed by atoms with Crippen LogP contribution in [0.2, 0.25) is 0 Å². The predicted molar refractivity (Wildman–Crippen MR) is 97.6 cm³/mol. The Morgan fingerprint density at radius 2 is 1.88 bits per heavy atom. The zero-order valence-electron chi connectivity index (χ0n) is 14.1. The van der Waals surface area contributed by atoms with Crippen LogP contribution in [-0.2, 0) is 17.6 Å². The molecular formula is C19H18F2N2O2S. The Bertz CT molecular complexity index is 883. The number of halogens is 2. The van der Waals surface area contributed by atoms with Crippen molar-refractivity contribution >= 4 is 28.0 Å². The minimum absolute atomic E-state index is 0.159. The van der Waals surface area contributed by atoms with E-state index in [2.05, 4.69) is 5.32 Å². The van der Waals surface area contributed by atoms with Crippen LogP contribution in [-0.4, -0.2) is 17.7 Å². The lowest BCUT2D eigenvalue weighted by Gasteiger charge is -2.11. The van der Waals surface area contributed by atoms with Crippen LogP contribution in [0.1, 0.15) is 39.7 Å². The quantitative estimate of drug-likeness (QED) is 0.633. The highest BCUT2D eigenvalue weighted by Crippen LogP contribution is 2.38. The number of nitrogens with one attached hydrogen (secondary N) is 1. The smallest absolute Gasteiger partial charge is 0.241 e. The number of carbonyl (C=O) groups excluding carboxylic acids is 2. The maximum atomic E-state index is 14.2. The number of carbonyl (C=O) groups is 2. The maximum Gasteiger partial charge on any atom is 0.241 e. The fraction of sp³-hybridized carbons (Fsp3) is 0.263. The normalized spacial score (nSPS) is 14.5. The predicted octanol–water partition coefficient (Wildman–Crippen LogP) is 3.59. The summed E-state index contributed by atoms with van der Waals surface area (Å²) in [5.41, 5.74) is 5.87. The summed E-state index contributed by atoms with van der Waals surface area (Å²) < 4.78 is 28.3. The average Bonchev–Trinajstić information content (AvgIpc) is 2.75. The van der Waals surface area contributed by atoms with E-state index in [0.717, 1.165) is 22.6 Å². The minimum atomic E-state index is -0.925. The van der Waals surface area contributed by atoms with Gasteiger partial charge in [-0.2, -0.15) is 0 Å². The summed E-state index contributed by atoms with van der Waals surface area (Å²) in [6, 6.07) is 2.52. The third-order valence-electron chi connectivity index (χ3n) is 4.19. The Morgan fingerprint density at radius 3 is 2.54 bits per heavy atom. The molecule has 0 saturated carbocycles. The van der Waals surface area contributed by atoms with Gasteiger partial charge in [0.25, 0.3) is 0 Å². The molecule has 4 nitrogen and oxygen atoms in total. The fourth-order valence-electron chi connectivity index (χ4n) is 2.87. The molecule has 1 aromatic heterocycles. The van der Waals surface area contributed by atoms with Crippen molar-refractivity contribution in [3.05, 3.63) is 63.6 Å². The van der Waals surface area contributed by atoms with Gasteiger partial charge in [-0.05, 0) is 37.5 Å². The van der Waals surface area contributed by atoms with E-state index in [1.54, 1.807) is 0 Å². The van der Waals surface area contributed by atoms with Gasteiger partial charge >= 0.3 is 0 Å². The summed E-state index contributed by atoms with van der Waals surface area (Å²) in [4.78, 5) is 26.0. The monoisotopic (exact) mass is 376 g/mol. The van der Waals surface area contributed by atoms with E-state index in [1.807, 2.05) is 12.2 Å². The number of thiophene rings is 1. The molecule has 0 aliphatic heterocycles. The van der Waals surface area contributed by atoms with Gasteiger partial charge in [0.1, 0.15) is 16.6 Å². The summed E-state index contributed by atoms with van der Waals surface area (Å²) in [7, 11) is 0. The number of benzene rings is 1. The van der Waals surface area contributed by atoms with Crippen molar-refractivity contribution < 1.29 is 18.4 Å². The Morgan fingerprint density at radius 1 is 1.19 bits per heavy atom. The first-order chi connectivity index (χ1) is 12.4. The molecule has 1 heterocycles. The van der Waals surface area contributed by atoms with Crippen molar-refractivity contribution in [3.63, 3.8) is 0 Å². The molecular weight excluding hydrogens is 358 g/mol. The van der Waals surface area contributed by atoms with Gasteiger partial charge in [-0.25, -0.2) is 8.78 Å². The number of rotatable bonds is 4. The molecule has 136 valence electrons. The molecule has 0 saturated heterocycles. The highest BCUT2D eigenvalue weighted by atomic mass is 32.1. The Balaban J connectivity index is 2.14. The number of nitrogens with two attached hydrogens (primary N) is 1. The van der Waals surface area contributed by atoms with Gasteiger partial charge in [0.2, 0.25) is 11.7 Å². The standard InChI is InChI=1S/C19H18F2N2O2S/c1-10(22)18(25)23-19-15(11-6-3-2-4-9-14(11)26-19)17(24)16-12(20)7-5-8-13(16)21/h2,4-5,7-8,10H,3,6,9,22H2,1H3,(H,23,25)/t10-/m0/s1. The van der Waals surface area contributed by atoms with Crippen molar-refractivity contribution in [2.45, 2.75) is 32.2 Å². The molecule has 0 spiro atoms. The summed E-state index contributed by atoms with van der Waals surface area (Å²) >= 11 is 1.25. The molecule has 26 heavy (non-hydrogen) atoms. The van der Waals surface area contributed by atoms with Crippen LogP contribution in [0.4, 0.5) is 13.8 Å². The molecule has 0 bridgehead atoms. The van der Waals surface area contributed by atoms with Crippen molar-refractivity contribution in [3.8, 4) is 0 Å². The maximum absolute atomic E-state index is 14.2. The van der Waals surface area contributed by atoms with Gasteiger partial charge in [-0.3, -0.25) is 9.59 Å². The Kier molecular flexibility index (Phi) is 5.29. The van der Waals surface area contributed by atoms with Crippen molar-refractivity contribution in [1.29, 1.82) is 0 Å². The summed E-state index contributed by atoms with van der Waals surface area (Å²) in [5.74, 6) is -3.07. The lowest BCUT2D eigenvalue weighted by Crippen LogP contribution is -2.32. The van der Waals surface area contributed by atoms with Gasteiger partial charge in [-0.15, -0.1) is 11.3 Å². The number of fused-ring (bicyclic) bond motifs is 1. The van der Waals surface area contributed by atoms with Crippen LogP contribution in [0.25, 0.3) is 0 Å². The highest BCUT2D eigenvalue weighted by molar-refractivity contribution is 7.17. The van der Waals surface area contributed by atoms with Gasteiger partial charge < -0.3 is 11.1 Å². The summed E-state index contributed by atoms with van der Waals surface area (Å²) in [6.07, 6.45) is 5.87. The third-order valence-corrected chi connectivity index (χ3v) is 5.36. The number of amides is 1. The number of hydrogen-bond acceptors (Lipinski definition) is 4. The second kappa shape index (κ2) is 7.47. The zero-order chi connectivity index (χ0) is 18.8.